The number of amides is 1. The summed E-state index contributed by atoms with van der Waals surface area (Å²) in [5.74, 6) is -0.191. The number of thioether (sulfide) groups is 1. The van der Waals surface area contributed by atoms with Crippen LogP contribution in [0.3, 0.4) is 0 Å². The SMILES string of the molecule is CSc1ccc(Cn2nnc(C(=O)Nc3ccc(Cl)cc3)c2N)cc1. The molecule has 2 aromatic carbocycles. The van der Waals surface area contributed by atoms with Gasteiger partial charge in [0, 0.05) is 15.6 Å². The van der Waals surface area contributed by atoms with Gasteiger partial charge in [-0.1, -0.05) is 28.9 Å². The molecule has 3 rings (SSSR count). The molecule has 25 heavy (non-hydrogen) atoms. The Morgan fingerprint density at radius 2 is 1.88 bits per heavy atom. The molecule has 0 saturated carbocycles. The number of rotatable bonds is 5. The van der Waals surface area contributed by atoms with Crippen LogP contribution in [0.15, 0.2) is 53.4 Å². The molecule has 0 aliphatic heterocycles. The first kappa shape index (κ1) is 17.3. The van der Waals surface area contributed by atoms with Crippen molar-refractivity contribution in [3.05, 3.63) is 64.8 Å². The molecule has 3 N–H and O–H groups in total. The molecule has 0 saturated heterocycles. The van der Waals surface area contributed by atoms with Gasteiger partial charge in [0.15, 0.2) is 11.5 Å². The van der Waals surface area contributed by atoms with Crippen LogP contribution in [0.25, 0.3) is 0 Å². The van der Waals surface area contributed by atoms with Crippen LogP contribution in [-0.2, 0) is 6.54 Å². The third-order valence-electron chi connectivity index (χ3n) is 3.58. The Bertz CT molecular complexity index is 877. The number of benzene rings is 2. The molecule has 0 atom stereocenters. The Morgan fingerprint density at radius 3 is 2.52 bits per heavy atom. The molecular weight excluding hydrogens is 358 g/mol. The van der Waals surface area contributed by atoms with Crippen molar-refractivity contribution in [2.24, 2.45) is 0 Å². The monoisotopic (exact) mass is 373 g/mol. The summed E-state index contributed by atoms with van der Waals surface area (Å²) in [6, 6.07) is 14.8. The summed E-state index contributed by atoms with van der Waals surface area (Å²) in [6.07, 6.45) is 2.02. The molecule has 1 aromatic heterocycles. The van der Waals surface area contributed by atoms with E-state index in [0.29, 0.717) is 17.3 Å². The first-order valence-corrected chi connectivity index (χ1v) is 9.06. The third-order valence-corrected chi connectivity index (χ3v) is 4.58. The number of aromatic nitrogens is 3. The first-order chi connectivity index (χ1) is 12.1. The highest BCUT2D eigenvalue weighted by molar-refractivity contribution is 7.98. The number of anilines is 2. The maximum Gasteiger partial charge on any atom is 0.280 e. The summed E-state index contributed by atoms with van der Waals surface area (Å²) in [4.78, 5) is 13.5. The van der Waals surface area contributed by atoms with Crippen molar-refractivity contribution in [1.82, 2.24) is 15.0 Å². The van der Waals surface area contributed by atoms with Crippen molar-refractivity contribution in [2.75, 3.05) is 17.3 Å². The molecule has 128 valence electrons. The van der Waals surface area contributed by atoms with E-state index >= 15 is 0 Å². The summed E-state index contributed by atoms with van der Waals surface area (Å²) < 4.78 is 1.50. The van der Waals surface area contributed by atoms with E-state index in [2.05, 4.69) is 15.6 Å². The predicted octanol–water partition coefficient (Wildman–Crippen LogP) is 3.54. The van der Waals surface area contributed by atoms with Crippen molar-refractivity contribution < 1.29 is 4.79 Å². The predicted molar refractivity (Wildman–Crippen MR) is 101 cm³/mol. The smallest absolute Gasteiger partial charge is 0.280 e. The fraction of sp³-hybridized carbons (Fsp3) is 0.118. The molecule has 0 spiro atoms. The van der Waals surface area contributed by atoms with Crippen molar-refractivity contribution >= 4 is 40.8 Å². The van der Waals surface area contributed by atoms with E-state index in [1.807, 2.05) is 30.5 Å². The van der Waals surface area contributed by atoms with Crippen molar-refractivity contribution in [1.29, 1.82) is 0 Å². The number of hydrogen-bond donors (Lipinski definition) is 2. The highest BCUT2D eigenvalue weighted by atomic mass is 35.5. The largest absolute Gasteiger partial charge is 0.382 e. The summed E-state index contributed by atoms with van der Waals surface area (Å²) >= 11 is 7.51. The Kier molecular flexibility index (Phi) is 5.25. The molecule has 3 aromatic rings. The number of carbonyl (C=O) groups excluding carboxylic acids is 1. The number of nitrogens with zero attached hydrogens (tertiary/aromatic N) is 3. The van der Waals surface area contributed by atoms with Crippen LogP contribution in [0.5, 0.6) is 0 Å². The zero-order valence-electron chi connectivity index (χ0n) is 13.4. The minimum absolute atomic E-state index is 0.0932. The van der Waals surface area contributed by atoms with Crippen LogP contribution in [0.2, 0.25) is 5.02 Å². The second-order valence-corrected chi connectivity index (χ2v) is 6.61. The molecule has 6 nitrogen and oxygen atoms in total. The van der Waals surface area contributed by atoms with Gasteiger partial charge in [0.2, 0.25) is 0 Å². The summed E-state index contributed by atoms with van der Waals surface area (Å²) in [7, 11) is 0. The van der Waals surface area contributed by atoms with Crippen LogP contribution in [-0.4, -0.2) is 27.2 Å². The van der Waals surface area contributed by atoms with Crippen LogP contribution in [0, 0.1) is 0 Å². The molecule has 0 aliphatic rings. The van der Waals surface area contributed by atoms with Gasteiger partial charge in [0.25, 0.3) is 5.91 Å². The fourth-order valence-electron chi connectivity index (χ4n) is 2.23. The minimum atomic E-state index is -0.413. The van der Waals surface area contributed by atoms with E-state index < -0.39 is 5.91 Å². The number of halogens is 1. The summed E-state index contributed by atoms with van der Waals surface area (Å²) in [6.45, 7) is 0.446. The van der Waals surface area contributed by atoms with Gasteiger partial charge in [-0.05, 0) is 48.2 Å². The topological polar surface area (TPSA) is 85.8 Å². The lowest BCUT2D eigenvalue weighted by atomic mass is 10.2. The van der Waals surface area contributed by atoms with Crippen molar-refractivity contribution in [3.8, 4) is 0 Å². The van der Waals surface area contributed by atoms with E-state index in [1.165, 1.54) is 9.58 Å². The Hall–Kier alpha value is -2.51. The van der Waals surface area contributed by atoms with Gasteiger partial charge in [0.05, 0.1) is 6.54 Å². The highest BCUT2D eigenvalue weighted by Gasteiger charge is 2.17. The van der Waals surface area contributed by atoms with Crippen molar-refractivity contribution in [3.63, 3.8) is 0 Å². The van der Waals surface area contributed by atoms with Gasteiger partial charge in [-0.25, -0.2) is 4.68 Å². The number of hydrogen-bond acceptors (Lipinski definition) is 5. The van der Waals surface area contributed by atoms with Gasteiger partial charge >= 0.3 is 0 Å². The first-order valence-electron chi connectivity index (χ1n) is 7.45. The molecule has 1 amide bonds. The van der Waals surface area contributed by atoms with Crippen LogP contribution < -0.4 is 11.1 Å². The Labute approximate surface area is 154 Å². The maximum atomic E-state index is 12.3. The molecule has 0 unspecified atom stereocenters. The normalized spacial score (nSPS) is 10.6. The maximum absolute atomic E-state index is 12.3. The van der Waals surface area contributed by atoms with Gasteiger partial charge < -0.3 is 11.1 Å². The van der Waals surface area contributed by atoms with E-state index in [4.69, 9.17) is 17.3 Å². The van der Waals surface area contributed by atoms with Gasteiger partial charge in [0.1, 0.15) is 0 Å². The molecule has 0 fully saturated rings. The van der Waals surface area contributed by atoms with Gasteiger partial charge in [-0.2, -0.15) is 0 Å². The van der Waals surface area contributed by atoms with E-state index in [-0.39, 0.29) is 11.5 Å². The molecule has 1 heterocycles. The number of nitrogen functional groups attached to an aromatic ring is 1. The highest BCUT2D eigenvalue weighted by Crippen LogP contribution is 2.18. The quantitative estimate of drug-likeness (QED) is 0.668. The fourth-order valence-corrected chi connectivity index (χ4v) is 2.76. The lowest BCUT2D eigenvalue weighted by Gasteiger charge is -2.06. The molecule has 0 radical (unpaired) electrons. The van der Waals surface area contributed by atoms with E-state index in [9.17, 15) is 4.79 Å². The van der Waals surface area contributed by atoms with E-state index in [1.54, 1.807) is 36.0 Å². The average molecular weight is 374 g/mol. The number of nitrogens with one attached hydrogen (secondary N) is 1. The molecule has 8 heteroatoms. The zero-order chi connectivity index (χ0) is 17.8. The average Bonchev–Trinajstić information content (AvgIpc) is 2.98. The molecule has 0 aliphatic carbocycles. The number of nitrogens with two attached hydrogens (primary N) is 1. The Morgan fingerprint density at radius 1 is 1.20 bits per heavy atom. The van der Waals surface area contributed by atoms with Gasteiger partial charge in [-0.15, -0.1) is 16.9 Å². The standard InChI is InChI=1S/C17H16ClN5OS/c1-25-14-8-2-11(3-9-14)10-23-16(19)15(21-22-23)17(24)20-13-6-4-12(18)5-7-13/h2-9H,10,19H2,1H3,(H,20,24). The second kappa shape index (κ2) is 7.58. The van der Waals surface area contributed by atoms with E-state index in [0.717, 1.165) is 5.56 Å². The second-order valence-electron chi connectivity index (χ2n) is 5.29. The summed E-state index contributed by atoms with van der Waals surface area (Å²) in [5.41, 5.74) is 7.77. The lowest BCUT2D eigenvalue weighted by Crippen LogP contribution is -2.15. The zero-order valence-corrected chi connectivity index (χ0v) is 15.0. The van der Waals surface area contributed by atoms with Crippen LogP contribution in [0.1, 0.15) is 16.1 Å². The Balaban J connectivity index is 1.73. The molecule has 0 bridgehead atoms. The third kappa shape index (κ3) is 4.12. The lowest BCUT2D eigenvalue weighted by molar-refractivity contribution is 0.102. The minimum Gasteiger partial charge on any atom is -0.382 e. The van der Waals surface area contributed by atoms with Crippen LogP contribution >= 0.6 is 23.4 Å². The molecular formula is C17H16ClN5OS. The number of carbonyl (C=O) groups is 1. The van der Waals surface area contributed by atoms with Crippen LogP contribution in [0.4, 0.5) is 11.5 Å². The van der Waals surface area contributed by atoms with Gasteiger partial charge in [-0.3, -0.25) is 4.79 Å². The summed E-state index contributed by atoms with van der Waals surface area (Å²) in [5, 5.41) is 11.2. The van der Waals surface area contributed by atoms with Crippen molar-refractivity contribution in [2.45, 2.75) is 11.4 Å².